The summed E-state index contributed by atoms with van der Waals surface area (Å²) in [5.41, 5.74) is 2.29. The average molecular weight is 385 g/mol. The molecule has 0 radical (unpaired) electrons. The first-order valence-electron chi connectivity index (χ1n) is 10.8. The number of benzene rings is 1. The number of rotatable bonds is 7. The highest BCUT2D eigenvalue weighted by Gasteiger charge is 2.21. The Morgan fingerprint density at radius 2 is 2.00 bits per heavy atom. The van der Waals surface area contributed by atoms with Crippen molar-refractivity contribution < 1.29 is 0 Å². The number of nitrogens with zero attached hydrogens (tertiary/aromatic N) is 4. The van der Waals surface area contributed by atoms with Crippen LogP contribution in [0.1, 0.15) is 45.9 Å². The van der Waals surface area contributed by atoms with Gasteiger partial charge >= 0.3 is 0 Å². The summed E-state index contributed by atoms with van der Waals surface area (Å²) in [6.45, 7) is 13.8. The normalized spacial score (nSPS) is 16.8. The number of hydrogen-bond acceptors (Lipinski definition) is 3. The molecule has 154 valence electrons. The van der Waals surface area contributed by atoms with E-state index in [-0.39, 0.29) is 0 Å². The van der Waals surface area contributed by atoms with Crippen molar-refractivity contribution in [1.82, 2.24) is 25.1 Å². The molecule has 1 aromatic carbocycles. The Labute approximate surface area is 169 Å². The molecule has 0 amide bonds. The topological polar surface area (TPSA) is 57.5 Å². The Morgan fingerprint density at radius 1 is 1.25 bits per heavy atom. The van der Waals surface area contributed by atoms with Crippen molar-refractivity contribution in [1.29, 1.82) is 0 Å². The quantitative estimate of drug-likeness (QED) is 0.437. The molecule has 2 N–H and O–H groups in total. The van der Waals surface area contributed by atoms with E-state index in [0.717, 1.165) is 43.4 Å². The summed E-state index contributed by atoms with van der Waals surface area (Å²) >= 11 is 0. The first kappa shape index (κ1) is 20.6. The van der Waals surface area contributed by atoms with Gasteiger partial charge in [0, 0.05) is 44.8 Å². The molecule has 28 heavy (non-hydrogen) atoms. The number of fused-ring (bicyclic) bond motifs is 1. The number of piperidine rings is 1. The first-order chi connectivity index (χ1) is 13.6. The molecule has 0 spiro atoms. The number of para-hydroxylation sites is 2. The van der Waals surface area contributed by atoms with Crippen molar-refractivity contribution in [2.45, 2.75) is 65.6 Å². The van der Waals surface area contributed by atoms with Crippen LogP contribution >= 0.6 is 0 Å². The third-order valence-corrected chi connectivity index (χ3v) is 5.60. The Hall–Kier alpha value is -2.08. The third kappa shape index (κ3) is 5.25. The lowest BCUT2D eigenvalue weighted by atomic mass is 10.0. The lowest BCUT2D eigenvalue weighted by molar-refractivity contribution is 0.167. The van der Waals surface area contributed by atoms with Gasteiger partial charge in [-0.3, -0.25) is 4.99 Å². The van der Waals surface area contributed by atoms with Gasteiger partial charge in [0.25, 0.3) is 0 Å². The molecule has 2 heterocycles. The molecule has 6 nitrogen and oxygen atoms in total. The summed E-state index contributed by atoms with van der Waals surface area (Å²) in [4.78, 5) is 12.0. The van der Waals surface area contributed by atoms with Gasteiger partial charge in [-0.2, -0.15) is 0 Å². The molecule has 1 fully saturated rings. The van der Waals surface area contributed by atoms with E-state index in [0.29, 0.717) is 12.1 Å². The van der Waals surface area contributed by atoms with Gasteiger partial charge in [0.05, 0.1) is 11.0 Å². The number of guanidine groups is 1. The number of nitrogens with one attached hydrogen (secondary N) is 2. The van der Waals surface area contributed by atoms with Gasteiger partial charge in [-0.15, -0.1) is 0 Å². The van der Waals surface area contributed by atoms with Crippen molar-refractivity contribution in [3.8, 4) is 0 Å². The van der Waals surface area contributed by atoms with Crippen LogP contribution in [0.15, 0.2) is 29.3 Å². The maximum Gasteiger partial charge on any atom is 0.191 e. The van der Waals surface area contributed by atoms with Crippen LogP contribution in [-0.4, -0.2) is 58.7 Å². The fourth-order valence-corrected chi connectivity index (χ4v) is 3.97. The molecule has 1 saturated heterocycles. The van der Waals surface area contributed by atoms with Crippen molar-refractivity contribution in [3.05, 3.63) is 30.1 Å². The van der Waals surface area contributed by atoms with Crippen LogP contribution in [0, 0.1) is 6.92 Å². The Kier molecular flexibility index (Phi) is 7.31. The number of aliphatic imine (C=N–C) groups is 1. The lowest BCUT2D eigenvalue weighted by Gasteiger charge is -2.35. The van der Waals surface area contributed by atoms with Crippen LogP contribution in [0.2, 0.25) is 0 Å². The van der Waals surface area contributed by atoms with Gasteiger partial charge < -0.3 is 20.1 Å². The minimum Gasteiger partial charge on any atom is -0.357 e. The molecule has 1 aromatic heterocycles. The molecule has 0 aliphatic carbocycles. The van der Waals surface area contributed by atoms with Crippen LogP contribution < -0.4 is 10.6 Å². The van der Waals surface area contributed by atoms with Crippen LogP contribution in [0.25, 0.3) is 11.0 Å². The first-order valence-corrected chi connectivity index (χ1v) is 10.8. The van der Waals surface area contributed by atoms with Crippen LogP contribution in [0.3, 0.4) is 0 Å². The smallest absolute Gasteiger partial charge is 0.191 e. The van der Waals surface area contributed by atoms with Crippen molar-refractivity contribution in [2.75, 3.05) is 26.2 Å². The van der Waals surface area contributed by atoms with Crippen molar-refractivity contribution in [2.24, 2.45) is 4.99 Å². The summed E-state index contributed by atoms with van der Waals surface area (Å²) in [5, 5.41) is 7.05. The van der Waals surface area contributed by atoms with E-state index in [1.54, 1.807) is 0 Å². The molecule has 0 bridgehead atoms. The maximum atomic E-state index is 4.82. The van der Waals surface area contributed by atoms with E-state index in [2.05, 4.69) is 71.0 Å². The molecule has 1 aliphatic rings. The second-order valence-corrected chi connectivity index (χ2v) is 7.96. The third-order valence-electron chi connectivity index (χ3n) is 5.60. The van der Waals surface area contributed by atoms with E-state index in [9.17, 15) is 0 Å². The summed E-state index contributed by atoms with van der Waals surface area (Å²) in [5.74, 6) is 2.03. The highest BCUT2D eigenvalue weighted by Crippen LogP contribution is 2.16. The maximum absolute atomic E-state index is 4.82. The molecule has 0 unspecified atom stereocenters. The second-order valence-electron chi connectivity index (χ2n) is 7.96. The Bertz CT molecular complexity index is 770. The molecule has 2 aromatic rings. The van der Waals surface area contributed by atoms with Gasteiger partial charge in [-0.25, -0.2) is 4.98 Å². The minimum atomic E-state index is 0.521. The predicted molar refractivity (Wildman–Crippen MR) is 118 cm³/mol. The number of aromatic nitrogens is 2. The Morgan fingerprint density at radius 3 is 2.71 bits per heavy atom. The minimum absolute atomic E-state index is 0.521. The largest absolute Gasteiger partial charge is 0.357 e. The molecule has 1 aliphatic heterocycles. The predicted octanol–water partition coefficient (Wildman–Crippen LogP) is 3.16. The number of likely N-dealkylation sites (tertiary alicyclic amines) is 1. The van der Waals surface area contributed by atoms with Gasteiger partial charge in [0.15, 0.2) is 5.96 Å². The molecule has 6 heteroatoms. The second kappa shape index (κ2) is 9.92. The van der Waals surface area contributed by atoms with Crippen molar-refractivity contribution in [3.63, 3.8) is 0 Å². The van der Waals surface area contributed by atoms with Crippen LogP contribution in [0.5, 0.6) is 0 Å². The van der Waals surface area contributed by atoms with Gasteiger partial charge in [-0.05, 0) is 59.1 Å². The van der Waals surface area contributed by atoms with E-state index < -0.39 is 0 Å². The number of aryl methyl sites for hydroxylation is 2. The zero-order valence-corrected chi connectivity index (χ0v) is 17.9. The highest BCUT2D eigenvalue weighted by molar-refractivity contribution is 5.80. The van der Waals surface area contributed by atoms with E-state index >= 15 is 0 Å². The van der Waals surface area contributed by atoms with Crippen LogP contribution in [-0.2, 0) is 6.54 Å². The van der Waals surface area contributed by atoms with Gasteiger partial charge in [0.2, 0.25) is 0 Å². The summed E-state index contributed by atoms with van der Waals surface area (Å²) in [6.07, 6.45) is 3.37. The molecule has 3 rings (SSSR count). The van der Waals surface area contributed by atoms with Gasteiger partial charge in [0.1, 0.15) is 5.82 Å². The number of hydrogen-bond donors (Lipinski definition) is 2. The van der Waals surface area contributed by atoms with E-state index in [4.69, 9.17) is 4.99 Å². The average Bonchev–Trinajstić information content (AvgIpc) is 3.01. The fourth-order valence-electron chi connectivity index (χ4n) is 3.97. The molecule has 0 atom stereocenters. The van der Waals surface area contributed by atoms with Crippen molar-refractivity contribution >= 4 is 17.0 Å². The van der Waals surface area contributed by atoms with E-state index in [1.807, 2.05) is 6.07 Å². The molecule has 0 saturated carbocycles. The van der Waals surface area contributed by atoms with Gasteiger partial charge in [-0.1, -0.05) is 12.1 Å². The monoisotopic (exact) mass is 384 g/mol. The molecular weight excluding hydrogens is 348 g/mol. The summed E-state index contributed by atoms with van der Waals surface area (Å²) in [6, 6.07) is 9.51. The number of imidazole rings is 1. The summed E-state index contributed by atoms with van der Waals surface area (Å²) in [7, 11) is 0. The summed E-state index contributed by atoms with van der Waals surface area (Å²) < 4.78 is 2.30. The highest BCUT2D eigenvalue weighted by atomic mass is 15.2. The fraction of sp³-hybridized carbons (Fsp3) is 0.636. The Balaban J connectivity index is 1.51. The molecular formula is C22H36N6. The zero-order chi connectivity index (χ0) is 19.9. The standard InChI is InChI=1S/C22H36N6/c1-5-23-22(26-19-11-15-27(16-12-19)17(2)3)24-13-8-14-28-18(4)25-20-9-6-7-10-21(20)28/h6-7,9-10,17,19H,5,8,11-16H2,1-4H3,(H2,23,24,26). The van der Waals surface area contributed by atoms with E-state index in [1.165, 1.54) is 31.4 Å². The van der Waals surface area contributed by atoms with Crippen LogP contribution in [0.4, 0.5) is 0 Å². The SMILES string of the molecule is CCNC(=NCCCn1c(C)nc2ccccc21)NC1CCN(C(C)C)CC1. The lowest BCUT2D eigenvalue weighted by Crippen LogP contribution is -2.49. The zero-order valence-electron chi connectivity index (χ0n) is 17.9.